The number of carbonyl (C=O) groups excluding carboxylic acids is 1. The molecule has 0 unspecified atom stereocenters. The Bertz CT molecular complexity index is 724. The molecule has 0 amide bonds. The number of unbranched alkanes of at least 4 members (excludes halogenated alkanes) is 1. The Morgan fingerprint density at radius 3 is 2.84 bits per heavy atom. The van der Waals surface area contributed by atoms with Crippen molar-refractivity contribution in [3.05, 3.63) is 45.9 Å². The number of carbonyl (C=O) groups is 1. The lowest BCUT2D eigenvalue weighted by molar-refractivity contribution is -0.134. The van der Waals surface area contributed by atoms with Gasteiger partial charge in [0.2, 0.25) is 0 Å². The Labute approximate surface area is 152 Å². The maximum Gasteiger partial charge on any atom is 0.330 e. The van der Waals surface area contributed by atoms with Gasteiger partial charge < -0.3 is 14.2 Å². The summed E-state index contributed by atoms with van der Waals surface area (Å²) in [6, 6.07) is 5.48. The molecule has 0 spiro atoms. The van der Waals surface area contributed by atoms with E-state index in [4.69, 9.17) is 9.47 Å². The average molecular weight is 361 g/mol. The van der Waals surface area contributed by atoms with Crippen molar-refractivity contribution in [2.24, 2.45) is 0 Å². The van der Waals surface area contributed by atoms with Crippen LogP contribution in [-0.2, 0) is 22.6 Å². The first kappa shape index (κ1) is 19.0. The van der Waals surface area contributed by atoms with E-state index in [9.17, 15) is 4.79 Å². The topological polar surface area (TPSA) is 57.7 Å². The average Bonchev–Trinajstić information content (AvgIpc) is 3.10. The monoisotopic (exact) mass is 361 g/mol. The summed E-state index contributed by atoms with van der Waals surface area (Å²) < 4.78 is 15.8. The van der Waals surface area contributed by atoms with Gasteiger partial charge in [0.15, 0.2) is 11.5 Å². The van der Waals surface area contributed by atoms with Crippen LogP contribution < -0.4 is 9.47 Å². The first-order chi connectivity index (χ1) is 12.2. The first-order valence-corrected chi connectivity index (χ1v) is 9.04. The molecule has 0 saturated carbocycles. The summed E-state index contributed by atoms with van der Waals surface area (Å²) in [5.41, 5.74) is 1.75. The minimum absolute atomic E-state index is 0.399. The van der Waals surface area contributed by atoms with Crippen molar-refractivity contribution in [3.8, 4) is 11.5 Å². The van der Waals surface area contributed by atoms with Gasteiger partial charge in [0, 0.05) is 11.5 Å². The number of nitrogens with zero attached hydrogens (tertiary/aromatic N) is 1. The predicted octanol–water partition coefficient (Wildman–Crippen LogP) is 4.26. The molecule has 0 aliphatic heterocycles. The number of hydrogen-bond donors (Lipinski definition) is 0. The summed E-state index contributed by atoms with van der Waals surface area (Å²) >= 11 is 1.67. The second-order valence-corrected chi connectivity index (χ2v) is 6.33. The van der Waals surface area contributed by atoms with Crippen LogP contribution in [0.2, 0.25) is 0 Å². The zero-order valence-electron chi connectivity index (χ0n) is 14.8. The van der Waals surface area contributed by atoms with Crippen molar-refractivity contribution >= 4 is 23.4 Å². The highest BCUT2D eigenvalue weighted by atomic mass is 32.1. The lowest BCUT2D eigenvalue weighted by Gasteiger charge is -2.10. The molecule has 0 atom stereocenters. The maximum absolute atomic E-state index is 11.2. The first-order valence-electron chi connectivity index (χ1n) is 8.16. The highest BCUT2D eigenvalue weighted by Crippen LogP contribution is 2.29. The normalized spacial score (nSPS) is 10.8. The molecule has 25 heavy (non-hydrogen) atoms. The fourth-order valence-electron chi connectivity index (χ4n) is 2.15. The Kier molecular flexibility index (Phi) is 7.47. The zero-order valence-corrected chi connectivity index (χ0v) is 15.6. The maximum atomic E-state index is 11.2. The molecule has 1 aromatic carbocycles. The van der Waals surface area contributed by atoms with Gasteiger partial charge in [-0.15, -0.1) is 11.3 Å². The van der Waals surface area contributed by atoms with E-state index >= 15 is 0 Å². The molecule has 0 radical (unpaired) electrons. The fourth-order valence-corrected chi connectivity index (χ4v) is 2.97. The number of thiazole rings is 1. The van der Waals surface area contributed by atoms with Crippen molar-refractivity contribution in [1.29, 1.82) is 0 Å². The second-order valence-electron chi connectivity index (χ2n) is 5.39. The van der Waals surface area contributed by atoms with Crippen molar-refractivity contribution in [2.75, 3.05) is 14.2 Å². The van der Waals surface area contributed by atoms with Crippen molar-refractivity contribution in [3.63, 3.8) is 0 Å². The Morgan fingerprint density at radius 1 is 1.28 bits per heavy atom. The van der Waals surface area contributed by atoms with E-state index in [0.29, 0.717) is 18.1 Å². The SMILES string of the molecule is CCCCc1nc(COc2ccc(/C=C/C(=O)OC)cc2OC)cs1. The van der Waals surface area contributed by atoms with Crippen LogP contribution in [0.5, 0.6) is 11.5 Å². The molecule has 1 heterocycles. The molecule has 0 N–H and O–H groups in total. The van der Waals surface area contributed by atoms with Crippen LogP contribution in [0.1, 0.15) is 36.0 Å². The molecule has 0 aliphatic carbocycles. The predicted molar refractivity (Wildman–Crippen MR) is 99.1 cm³/mol. The highest BCUT2D eigenvalue weighted by molar-refractivity contribution is 7.09. The molecule has 0 aliphatic rings. The molecule has 0 fully saturated rings. The van der Waals surface area contributed by atoms with E-state index in [-0.39, 0.29) is 0 Å². The Balaban J connectivity index is 2.00. The Hall–Kier alpha value is -2.34. The van der Waals surface area contributed by atoms with Gasteiger partial charge in [-0.3, -0.25) is 0 Å². The largest absolute Gasteiger partial charge is 0.493 e. The third-order valence-electron chi connectivity index (χ3n) is 3.52. The number of methoxy groups -OCH3 is 2. The number of rotatable bonds is 9. The molecule has 6 heteroatoms. The van der Waals surface area contributed by atoms with Crippen LogP contribution in [0.15, 0.2) is 29.7 Å². The van der Waals surface area contributed by atoms with Gasteiger partial charge >= 0.3 is 5.97 Å². The van der Waals surface area contributed by atoms with E-state index in [0.717, 1.165) is 29.1 Å². The van der Waals surface area contributed by atoms with E-state index in [1.165, 1.54) is 19.6 Å². The van der Waals surface area contributed by atoms with Crippen LogP contribution in [0.25, 0.3) is 6.08 Å². The highest BCUT2D eigenvalue weighted by Gasteiger charge is 2.08. The molecular weight excluding hydrogens is 338 g/mol. The number of esters is 1. The summed E-state index contributed by atoms with van der Waals surface area (Å²) in [5, 5.41) is 3.18. The van der Waals surface area contributed by atoms with Crippen molar-refractivity contribution in [1.82, 2.24) is 4.98 Å². The van der Waals surface area contributed by atoms with Gasteiger partial charge in [-0.05, 0) is 36.6 Å². The van der Waals surface area contributed by atoms with Crippen LogP contribution >= 0.6 is 11.3 Å². The van der Waals surface area contributed by atoms with Crippen molar-refractivity contribution < 1.29 is 19.0 Å². The summed E-state index contributed by atoms with van der Waals surface area (Å²) in [5.74, 6) is 0.844. The number of hydrogen-bond acceptors (Lipinski definition) is 6. The Morgan fingerprint density at radius 2 is 2.12 bits per heavy atom. The molecule has 134 valence electrons. The number of aryl methyl sites for hydroxylation is 1. The van der Waals surface area contributed by atoms with Crippen LogP contribution in [-0.4, -0.2) is 25.2 Å². The molecule has 1 aromatic heterocycles. The van der Waals surface area contributed by atoms with E-state index in [1.807, 2.05) is 23.6 Å². The molecule has 2 aromatic rings. The lowest BCUT2D eigenvalue weighted by Crippen LogP contribution is -1.99. The molecule has 2 rings (SSSR count). The van der Waals surface area contributed by atoms with E-state index in [1.54, 1.807) is 24.5 Å². The standard InChI is InChI=1S/C19H23NO4S/c1-4-5-6-18-20-15(13-25-18)12-24-16-9-7-14(11-17(16)22-2)8-10-19(21)23-3/h7-11,13H,4-6,12H2,1-3H3/b10-8+. The van der Waals surface area contributed by atoms with Crippen LogP contribution in [0.3, 0.4) is 0 Å². The van der Waals surface area contributed by atoms with E-state index in [2.05, 4.69) is 16.6 Å². The van der Waals surface area contributed by atoms with Crippen LogP contribution in [0.4, 0.5) is 0 Å². The molecule has 0 saturated heterocycles. The minimum Gasteiger partial charge on any atom is -0.493 e. The third-order valence-corrected chi connectivity index (χ3v) is 4.48. The number of aromatic nitrogens is 1. The van der Waals surface area contributed by atoms with Crippen molar-refractivity contribution in [2.45, 2.75) is 32.8 Å². The quantitative estimate of drug-likeness (QED) is 0.493. The van der Waals surface area contributed by atoms with Gasteiger partial charge in [0.25, 0.3) is 0 Å². The van der Waals surface area contributed by atoms with Gasteiger partial charge in [0.1, 0.15) is 6.61 Å². The third kappa shape index (κ3) is 5.90. The van der Waals surface area contributed by atoms with Gasteiger partial charge in [-0.25, -0.2) is 9.78 Å². The van der Waals surface area contributed by atoms with Gasteiger partial charge in [0.05, 0.1) is 24.9 Å². The van der Waals surface area contributed by atoms with Gasteiger partial charge in [-0.2, -0.15) is 0 Å². The fraction of sp³-hybridized carbons (Fsp3) is 0.368. The summed E-state index contributed by atoms with van der Waals surface area (Å²) in [6.45, 7) is 2.57. The van der Waals surface area contributed by atoms with Crippen LogP contribution in [0, 0.1) is 0 Å². The molecule has 0 bridgehead atoms. The second kappa shape index (κ2) is 9.84. The summed E-state index contributed by atoms with van der Waals surface area (Å²) in [7, 11) is 2.93. The molecular formula is C19H23NO4S. The van der Waals surface area contributed by atoms with E-state index < -0.39 is 5.97 Å². The minimum atomic E-state index is -0.401. The summed E-state index contributed by atoms with van der Waals surface area (Å²) in [4.78, 5) is 15.7. The lowest BCUT2D eigenvalue weighted by atomic mass is 10.2. The smallest absolute Gasteiger partial charge is 0.330 e. The zero-order chi connectivity index (χ0) is 18.1. The number of ether oxygens (including phenoxy) is 3. The number of benzene rings is 1. The van der Waals surface area contributed by atoms with Gasteiger partial charge in [-0.1, -0.05) is 19.4 Å². The molecule has 5 nitrogen and oxygen atoms in total. The summed E-state index contributed by atoms with van der Waals surface area (Å²) in [6.07, 6.45) is 6.37.